The minimum Gasteiger partial charge on any atom is -0.444 e. The Labute approximate surface area is 173 Å². The van der Waals surface area contributed by atoms with Gasteiger partial charge >= 0.3 is 6.09 Å². The SMILES string of the molecule is CC(C)(C)OC(=O)N1CCCC(CN2CCN(C(=O)c3cccc(N)c3)CC2)C1. The van der Waals surface area contributed by atoms with Crippen molar-refractivity contribution in [3.63, 3.8) is 0 Å². The number of rotatable bonds is 3. The van der Waals surface area contributed by atoms with Crippen LogP contribution in [0.3, 0.4) is 0 Å². The van der Waals surface area contributed by atoms with Crippen molar-refractivity contribution in [2.75, 3.05) is 51.5 Å². The van der Waals surface area contributed by atoms with Crippen LogP contribution in [0.2, 0.25) is 0 Å². The Morgan fingerprint density at radius 1 is 1.10 bits per heavy atom. The number of anilines is 1. The van der Waals surface area contributed by atoms with Crippen molar-refractivity contribution in [2.24, 2.45) is 5.92 Å². The normalized spacial score (nSPS) is 21.1. The highest BCUT2D eigenvalue weighted by molar-refractivity contribution is 5.95. The van der Waals surface area contributed by atoms with E-state index in [1.165, 1.54) is 0 Å². The maximum atomic E-state index is 12.7. The Hall–Kier alpha value is -2.28. The smallest absolute Gasteiger partial charge is 0.410 e. The molecule has 0 radical (unpaired) electrons. The van der Waals surface area contributed by atoms with Crippen molar-refractivity contribution >= 4 is 17.7 Å². The second-order valence-electron chi connectivity index (χ2n) is 9.15. The molecule has 1 unspecified atom stereocenters. The summed E-state index contributed by atoms with van der Waals surface area (Å²) in [5.41, 5.74) is 6.60. The number of amides is 2. The minimum atomic E-state index is -0.462. The molecule has 0 saturated carbocycles. The molecule has 7 nitrogen and oxygen atoms in total. The number of nitrogens with two attached hydrogens (primary N) is 1. The van der Waals surface area contributed by atoms with Crippen LogP contribution in [-0.2, 0) is 4.74 Å². The lowest BCUT2D eigenvalue weighted by Gasteiger charge is -2.39. The number of carbonyl (C=O) groups excluding carboxylic acids is 2. The number of hydrogen-bond donors (Lipinski definition) is 1. The molecule has 0 spiro atoms. The average molecular weight is 403 g/mol. The van der Waals surface area contributed by atoms with Gasteiger partial charge in [-0.1, -0.05) is 6.07 Å². The number of piperazine rings is 1. The number of nitrogen functional groups attached to an aromatic ring is 1. The molecular formula is C22H34N4O3. The molecule has 1 aromatic rings. The molecule has 2 N–H and O–H groups in total. The number of nitrogens with zero attached hydrogens (tertiary/aromatic N) is 3. The van der Waals surface area contributed by atoms with Crippen molar-refractivity contribution < 1.29 is 14.3 Å². The van der Waals surface area contributed by atoms with E-state index in [0.717, 1.165) is 58.7 Å². The van der Waals surface area contributed by atoms with Crippen LogP contribution >= 0.6 is 0 Å². The lowest BCUT2D eigenvalue weighted by atomic mass is 9.97. The Balaban J connectivity index is 1.46. The van der Waals surface area contributed by atoms with Crippen LogP contribution in [-0.4, -0.2) is 78.1 Å². The highest BCUT2D eigenvalue weighted by Crippen LogP contribution is 2.21. The molecule has 3 rings (SSSR count). The largest absolute Gasteiger partial charge is 0.444 e. The van der Waals surface area contributed by atoms with E-state index < -0.39 is 5.60 Å². The quantitative estimate of drug-likeness (QED) is 0.787. The van der Waals surface area contributed by atoms with Gasteiger partial charge in [0.15, 0.2) is 0 Å². The van der Waals surface area contributed by atoms with Crippen molar-refractivity contribution in [3.05, 3.63) is 29.8 Å². The Morgan fingerprint density at radius 3 is 2.48 bits per heavy atom. The highest BCUT2D eigenvalue weighted by atomic mass is 16.6. The third-order valence-corrected chi connectivity index (χ3v) is 5.48. The summed E-state index contributed by atoms with van der Waals surface area (Å²) in [7, 11) is 0. The number of carbonyl (C=O) groups is 2. The van der Waals surface area contributed by atoms with Crippen molar-refractivity contribution in [1.82, 2.24) is 14.7 Å². The third-order valence-electron chi connectivity index (χ3n) is 5.48. The molecular weight excluding hydrogens is 368 g/mol. The molecule has 2 amide bonds. The zero-order valence-electron chi connectivity index (χ0n) is 17.9. The van der Waals surface area contributed by atoms with Gasteiger partial charge in [-0.05, 0) is 57.7 Å². The van der Waals surface area contributed by atoms with E-state index in [4.69, 9.17) is 10.5 Å². The molecule has 0 aromatic heterocycles. The second kappa shape index (κ2) is 9.03. The third kappa shape index (κ3) is 6.10. The first-order chi connectivity index (χ1) is 13.7. The number of ether oxygens (including phenoxy) is 1. The maximum absolute atomic E-state index is 12.7. The lowest BCUT2D eigenvalue weighted by molar-refractivity contribution is 0.0129. The van der Waals surface area contributed by atoms with Crippen LogP contribution in [0, 0.1) is 5.92 Å². The molecule has 0 bridgehead atoms. The van der Waals surface area contributed by atoms with Gasteiger partial charge in [0.05, 0.1) is 0 Å². The average Bonchev–Trinajstić information content (AvgIpc) is 2.67. The molecule has 2 aliphatic heterocycles. The number of likely N-dealkylation sites (tertiary alicyclic amines) is 1. The summed E-state index contributed by atoms with van der Waals surface area (Å²) in [6, 6.07) is 7.16. The molecule has 1 aromatic carbocycles. The zero-order chi connectivity index (χ0) is 21.0. The summed E-state index contributed by atoms with van der Waals surface area (Å²) < 4.78 is 5.53. The Bertz CT molecular complexity index is 723. The van der Waals surface area contributed by atoms with Gasteiger partial charge in [-0.2, -0.15) is 0 Å². The molecule has 160 valence electrons. The van der Waals surface area contributed by atoms with Crippen LogP contribution in [0.5, 0.6) is 0 Å². The number of hydrogen-bond acceptors (Lipinski definition) is 5. The van der Waals surface area contributed by atoms with Crippen molar-refractivity contribution in [2.45, 2.75) is 39.2 Å². The first-order valence-corrected chi connectivity index (χ1v) is 10.6. The van der Waals surface area contributed by atoms with E-state index in [2.05, 4.69) is 4.90 Å². The molecule has 29 heavy (non-hydrogen) atoms. The zero-order valence-corrected chi connectivity index (χ0v) is 17.9. The molecule has 0 aliphatic carbocycles. The van der Waals surface area contributed by atoms with E-state index in [1.54, 1.807) is 12.1 Å². The number of benzene rings is 1. The fraction of sp³-hybridized carbons (Fsp3) is 0.636. The monoisotopic (exact) mass is 402 g/mol. The first-order valence-electron chi connectivity index (χ1n) is 10.6. The maximum Gasteiger partial charge on any atom is 0.410 e. The Kier molecular flexibility index (Phi) is 6.67. The van der Waals surface area contributed by atoms with Gasteiger partial charge in [-0.15, -0.1) is 0 Å². The van der Waals surface area contributed by atoms with E-state index in [9.17, 15) is 9.59 Å². The van der Waals surface area contributed by atoms with Crippen LogP contribution < -0.4 is 5.73 Å². The molecule has 1 atom stereocenters. The van der Waals surface area contributed by atoms with Gasteiger partial charge in [-0.25, -0.2) is 4.79 Å². The summed E-state index contributed by atoms with van der Waals surface area (Å²) in [5.74, 6) is 0.498. The van der Waals surface area contributed by atoms with Crippen molar-refractivity contribution in [3.8, 4) is 0 Å². The Morgan fingerprint density at radius 2 is 1.83 bits per heavy atom. The summed E-state index contributed by atoms with van der Waals surface area (Å²) >= 11 is 0. The lowest BCUT2D eigenvalue weighted by Crippen LogP contribution is -2.51. The molecule has 7 heteroatoms. The van der Waals surface area contributed by atoms with Crippen LogP contribution in [0.4, 0.5) is 10.5 Å². The van der Waals surface area contributed by atoms with E-state index in [0.29, 0.717) is 17.2 Å². The summed E-state index contributed by atoms with van der Waals surface area (Å²) in [5, 5.41) is 0. The summed E-state index contributed by atoms with van der Waals surface area (Å²) in [6.45, 7) is 11.3. The fourth-order valence-electron chi connectivity index (χ4n) is 4.06. The predicted molar refractivity (Wildman–Crippen MR) is 114 cm³/mol. The van der Waals surface area contributed by atoms with Gasteiger partial charge in [0.25, 0.3) is 5.91 Å². The van der Waals surface area contributed by atoms with E-state index in [-0.39, 0.29) is 12.0 Å². The molecule has 2 saturated heterocycles. The van der Waals surface area contributed by atoms with Crippen LogP contribution in [0.25, 0.3) is 0 Å². The number of piperidine rings is 1. The fourth-order valence-corrected chi connectivity index (χ4v) is 4.06. The standard InChI is InChI=1S/C22H34N4O3/c1-22(2,3)29-21(28)26-9-5-6-17(16-26)15-24-10-12-25(13-11-24)20(27)18-7-4-8-19(23)14-18/h4,7-8,14,17H,5-6,9-13,15-16,23H2,1-3H3. The van der Waals surface area contributed by atoms with E-state index >= 15 is 0 Å². The van der Waals surface area contributed by atoms with Gasteiger partial charge in [0.2, 0.25) is 0 Å². The minimum absolute atomic E-state index is 0.0470. The first kappa shape index (κ1) is 21.4. The van der Waals surface area contributed by atoms with Gasteiger partial charge in [0, 0.05) is 57.1 Å². The molecule has 2 fully saturated rings. The summed E-state index contributed by atoms with van der Waals surface area (Å²) in [4.78, 5) is 31.2. The van der Waals surface area contributed by atoms with Crippen LogP contribution in [0.1, 0.15) is 44.0 Å². The topological polar surface area (TPSA) is 79.1 Å². The van der Waals surface area contributed by atoms with Gasteiger partial charge < -0.3 is 20.3 Å². The van der Waals surface area contributed by atoms with Crippen molar-refractivity contribution in [1.29, 1.82) is 0 Å². The predicted octanol–water partition coefficient (Wildman–Crippen LogP) is 2.67. The van der Waals surface area contributed by atoms with Gasteiger partial charge in [0.1, 0.15) is 5.60 Å². The second-order valence-corrected chi connectivity index (χ2v) is 9.15. The highest BCUT2D eigenvalue weighted by Gasteiger charge is 2.30. The molecule has 2 heterocycles. The summed E-state index contributed by atoms with van der Waals surface area (Å²) in [6.07, 6.45) is 1.93. The van der Waals surface area contributed by atoms with E-state index in [1.807, 2.05) is 42.7 Å². The van der Waals surface area contributed by atoms with Gasteiger partial charge in [-0.3, -0.25) is 9.69 Å². The van der Waals surface area contributed by atoms with Crippen LogP contribution in [0.15, 0.2) is 24.3 Å². The molecule has 2 aliphatic rings.